The maximum Gasteiger partial charge on any atom is 0.375 e. The number of halogens is 3. The van der Waals surface area contributed by atoms with Crippen LogP contribution in [0.2, 0.25) is 15.1 Å². The third-order valence-electron chi connectivity index (χ3n) is 2.52. The van der Waals surface area contributed by atoms with Gasteiger partial charge in [0.05, 0.1) is 10.0 Å². The van der Waals surface area contributed by atoms with E-state index < -0.39 is 12.3 Å². The van der Waals surface area contributed by atoms with Crippen LogP contribution in [0.3, 0.4) is 0 Å². The van der Waals surface area contributed by atoms with E-state index in [0.29, 0.717) is 12.0 Å². The molecule has 0 spiro atoms. The van der Waals surface area contributed by atoms with Gasteiger partial charge in [0.2, 0.25) is 0 Å². The van der Waals surface area contributed by atoms with Crippen molar-refractivity contribution in [2.75, 3.05) is 0 Å². The molecule has 0 bridgehead atoms. The van der Waals surface area contributed by atoms with Gasteiger partial charge < -0.3 is 19.0 Å². The average molecular weight is 364 g/mol. The molecule has 106 valence electrons. The third kappa shape index (κ3) is 3.13. The summed E-state index contributed by atoms with van der Waals surface area (Å²) in [6.07, 6.45) is 0.494. The van der Waals surface area contributed by atoms with Crippen molar-refractivity contribution in [3.8, 4) is 11.5 Å². The highest BCUT2D eigenvalue weighted by atomic mass is 35.5. The predicted octanol–water partition coefficient (Wildman–Crippen LogP) is 3.95. The molecule has 1 heterocycles. The van der Waals surface area contributed by atoms with E-state index in [4.69, 9.17) is 44.1 Å². The van der Waals surface area contributed by atoms with E-state index in [0.717, 1.165) is 0 Å². The first kappa shape index (κ1) is 15.6. The highest BCUT2D eigenvalue weighted by Crippen LogP contribution is 2.56. The van der Waals surface area contributed by atoms with Crippen LogP contribution >= 0.6 is 41.5 Å². The van der Waals surface area contributed by atoms with Gasteiger partial charge in [0, 0.05) is 23.8 Å². The normalized spacial score (nSPS) is 17.0. The predicted molar refractivity (Wildman–Crippen MR) is 79.2 cm³/mol. The second kappa shape index (κ2) is 4.92. The summed E-state index contributed by atoms with van der Waals surface area (Å²) in [4.78, 5) is 18.6. The summed E-state index contributed by atoms with van der Waals surface area (Å²) in [5, 5.41) is 0.283. The van der Waals surface area contributed by atoms with Gasteiger partial charge in [-0.2, -0.15) is 0 Å². The molecule has 0 fully saturated rings. The first-order valence-electron chi connectivity index (χ1n) is 5.15. The number of rotatable bonds is 2. The Kier molecular flexibility index (Phi) is 4.05. The van der Waals surface area contributed by atoms with E-state index in [-0.39, 0.29) is 26.6 Å². The minimum absolute atomic E-state index is 0.0551. The molecule has 1 aliphatic heterocycles. The summed E-state index contributed by atoms with van der Waals surface area (Å²) in [6, 6.07) is 0. The highest BCUT2D eigenvalue weighted by molar-refractivity contribution is 8.06. The molecule has 4 nitrogen and oxygen atoms in total. The summed E-state index contributed by atoms with van der Waals surface area (Å²) in [6.45, 7) is -0.256. The fraction of sp³-hybridized carbons (Fsp3) is 0.400. The lowest BCUT2D eigenvalue weighted by Gasteiger charge is -2.19. The first-order valence-corrected chi connectivity index (χ1v) is 8.91. The molecule has 19 heavy (non-hydrogen) atoms. The van der Waals surface area contributed by atoms with Gasteiger partial charge in [-0.25, -0.2) is 0 Å². The van der Waals surface area contributed by atoms with Gasteiger partial charge in [-0.3, -0.25) is 0 Å². The molecular formula is C10H10Cl3O4PS. The Morgan fingerprint density at radius 1 is 1.21 bits per heavy atom. The van der Waals surface area contributed by atoms with Gasteiger partial charge in [0.15, 0.2) is 11.5 Å². The Morgan fingerprint density at radius 2 is 1.79 bits per heavy atom. The molecule has 0 aromatic heterocycles. The molecule has 2 N–H and O–H groups in total. The SMILES string of the molecule is CC1(C)Cc2c(Cl)c(Cl)c(Cl)c(OP(O)(O)=S)c2O1. The summed E-state index contributed by atoms with van der Waals surface area (Å²) in [7, 11) is 0. The molecular weight excluding hydrogens is 354 g/mol. The van der Waals surface area contributed by atoms with Crippen LogP contribution in [0.5, 0.6) is 11.5 Å². The highest BCUT2D eigenvalue weighted by Gasteiger charge is 2.38. The Balaban J connectivity index is 2.66. The van der Waals surface area contributed by atoms with Crippen LogP contribution in [-0.2, 0) is 18.2 Å². The smallest absolute Gasteiger partial charge is 0.375 e. The van der Waals surface area contributed by atoms with Gasteiger partial charge in [-0.05, 0) is 13.8 Å². The molecule has 0 unspecified atom stereocenters. The largest absolute Gasteiger partial charge is 0.483 e. The van der Waals surface area contributed by atoms with Crippen LogP contribution in [-0.4, -0.2) is 15.4 Å². The van der Waals surface area contributed by atoms with Crippen molar-refractivity contribution >= 4 is 53.3 Å². The zero-order valence-corrected chi connectivity index (χ0v) is 13.9. The molecule has 0 saturated heterocycles. The maximum atomic E-state index is 9.29. The quantitative estimate of drug-likeness (QED) is 0.615. The summed E-state index contributed by atoms with van der Waals surface area (Å²) in [5.74, 6) is 0.173. The number of hydrogen-bond donors (Lipinski definition) is 2. The van der Waals surface area contributed by atoms with Gasteiger partial charge in [0.25, 0.3) is 0 Å². The van der Waals surface area contributed by atoms with E-state index >= 15 is 0 Å². The van der Waals surface area contributed by atoms with Crippen LogP contribution in [0.25, 0.3) is 0 Å². The Bertz CT molecular complexity index is 599. The summed E-state index contributed by atoms with van der Waals surface area (Å²) >= 11 is 22.6. The Hall–Kier alpha value is 0.260. The van der Waals surface area contributed by atoms with E-state index in [1.807, 2.05) is 13.8 Å². The maximum absolute atomic E-state index is 9.29. The van der Waals surface area contributed by atoms with Crippen molar-refractivity contribution in [2.24, 2.45) is 0 Å². The van der Waals surface area contributed by atoms with E-state index in [1.165, 1.54) is 0 Å². The number of benzene rings is 1. The van der Waals surface area contributed by atoms with Crippen LogP contribution in [0.1, 0.15) is 19.4 Å². The standard InChI is InChI=1S/C10H10Cl3O4PS/c1-10(2)3-4-5(11)6(12)7(13)9(8(4)16-10)17-18(14,15)19/h3H2,1-2H3,(H2,14,15,19). The van der Waals surface area contributed by atoms with Gasteiger partial charge in [-0.1, -0.05) is 34.8 Å². The summed E-state index contributed by atoms with van der Waals surface area (Å²) in [5.41, 5.74) is 0.0884. The fourth-order valence-corrected chi connectivity index (χ4v) is 3.27. The third-order valence-corrected chi connectivity index (χ3v) is 4.51. The number of fused-ring (bicyclic) bond motifs is 1. The second-order valence-corrected chi connectivity index (χ2v) is 8.42. The molecule has 0 amide bonds. The first-order chi connectivity index (χ1) is 8.52. The Morgan fingerprint density at radius 3 is 2.32 bits per heavy atom. The average Bonchev–Trinajstić information content (AvgIpc) is 2.56. The molecule has 9 heteroatoms. The van der Waals surface area contributed by atoms with Gasteiger partial charge >= 0.3 is 6.72 Å². The van der Waals surface area contributed by atoms with Gasteiger partial charge in [0.1, 0.15) is 10.6 Å². The topological polar surface area (TPSA) is 58.9 Å². The van der Waals surface area contributed by atoms with Crippen LogP contribution in [0, 0.1) is 0 Å². The summed E-state index contributed by atoms with van der Waals surface area (Å²) < 4.78 is 10.6. The van der Waals surface area contributed by atoms with Crippen LogP contribution < -0.4 is 9.26 Å². The molecule has 2 rings (SSSR count). The molecule has 0 saturated carbocycles. The van der Waals surface area contributed by atoms with Crippen molar-refractivity contribution in [3.63, 3.8) is 0 Å². The zero-order chi connectivity index (χ0) is 14.6. The Labute approximate surface area is 130 Å². The lowest BCUT2D eigenvalue weighted by atomic mass is 10.0. The lowest BCUT2D eigenvalue weighted by molar-refractivity contribution is 0.135. The number of ether oxygens (including phenoxy) is 1. The fourth-order valence-electron chi connectivity index (χ4n) is 1.87. The van der Waals surface area contributed by atoms with Crippen molar-refractivity contribution < 1.29 is 19.0 Å². The van der Waals surface area contributed by atoms with E-state index in [1.54, 1.807) is 0 Å². The van der Waals surface area contributed by atoms with Crippen LogP contribution in [0.4, 0.5) is 0 Å². The molecule has 0 aliphatic carbocycles. The van der Waals surface area contributed by atoms with E-state index in [2.05, 4.69) is 11.8 Å². The zero-order valence-electron chi connectivity index (χ0n) is 9.91. The molecule has 1 aromatic rings. The molecule has 1 aliphatic rings. The van der Waals surface area contributed by atoms with E-state index in [9.17, 15) is 9.79 Å². The molecule has 0 radical (unpaired) electrons. The molecule has 1 aromatic carbocycles. The monoisotopic (exact) mass is 362 g/mol. The van der Waals surface area contributed by atoms with Crippen LogP contribution in [0.15, 0.2) is 0 Å². The number of hydrogen-bond acceptors (Lipinski definition) is 3. The minimum Gasteiger partial charge on any atom is -0.483 e. The van der Waals surface area contributed by atoms with Crippen molar-refractivity contribution in [2.45, 2.75) is 25.9 Å². The lowest BCUT2D eigenvalue weighted by Crippen LogP contribution is -2.24. The molecule has 0 atom stereocenters. The van der Waals surface area contributed by atoms with Crippen molar-refractivity contribution in [1.29, 1.82) is 0 Å². The van der Waals surface area contributed by atoms with Gasteiger partial charge in [-0.15, -0.1) is 0 Å². The van der Waals surface area contributed by atoms with Crippen molar-refractivity contribution in [3.05, 3.63) is 20.6 Å². The second-order valence-electron chi connectivity index (χ2n) is 4.70. The van der Waals surface area contributed by atoms with Crippen molar-refractivity contribution in [1.82, 2.24) is 0 Å². The minimum atomic E-state index is -3.96.